The molecule has 0 aromatic heterocycles. The van der Waals surface area contributed by atoms with Gasteiger partial charge >= 0.3 is 0 Å². The van der Waals surface area contributed by atoms with E-state index < -0.39 is 0 Å². The predicted octanol–water partition coefficient (Wildman–Crippen LogP) is 4.06. The van der Waals surface area contributed by atoms with Crippen molar-refractivity contribution in [2.75, 3.05) is 13.6 Å². The van der Waals surface area contributed by atoms with Crippen molar-refractivity contribution in [2.24, 2.45) is 0 Å². The second-order valence-corrected chi connectivity index (χ2v) is 7.38. The summed E-state index contributed by atoms with van der Waals surface area (Å²) in [6, 6.07) is 17.4. The van der Waals surface area contributed by atoms with E-state index in [9.17, 15) is 9.59 Å². The second-order valence-electron chi connectivity index (χ2n) is 7.38. The molecule has 0 atom stereocenters. The van der Waals surface area contributed by atoms with E-state index in [1.54, 1.807) is 12.1 Å². The monoisotopic (exact) mass is 364 g/mol. The van der Waals surface area contributed by atoms with Crippen molar-refractivity contribution in [3.8, 4) is 0 Å². The minimum absolute atomic E-state index is 0.00894. The third-order valence-corrected chi connectivity index (χ3v) is 5.35. The number of Topliss-reactive ketones (excluding diaryl/α,β-unsaturated/α-hetero) is 1. The number of carbonyl (C=O) groups is 2. The molecular weight excluding hydrogens is 336 g/mol. The van der Waals surface area contributed by atoms with Crippen LogP contribution in [0.3, 0.4) is 0 Å². The van der Waals surface area contributed by atoms with Crippen LogP contribution in [0.1, 0.15) is 58.4 Å². The zero-order valence-electron chi connectivity index (χ0n) is 16.0. The maximum atomic E-state index is 12.3. The van der Waals surface area contributed by atoms with Crippen LogP contribution in [-0.2, 0) is 6.54 Å². The van der Waals surface area contributed by atoms with E-state index in [1.165, 1.54) is 37.7 Å². The van der Waals surface area contributed by atoms with E-state index in [4.69, 9.17) is 0 Å². The summed E-state index contributed by atoms with van der Waals surface area (Å²) >= 11 is 0. The molecule has 0 heterocycles. The normalized spacial score (nSPS) is 14.9. The lowest BCUT2D eigenvalue weighted by Crippen LogP contribution is -2.33. The Labute approximate surface area is 161 Å². The van der Waals surface area contributed by atoms with Crippen LogP contribution in [0.15, 0.2) is 54.6 Å². The zero-order chi connectivity index (χ0) is 19.1. The van der Waals surface area contributed by atoms with Gasteiger partial charge in [0.25, 0.3) is 5.91 Å². The topological polar surface area (TPSA) is 49.4 Å². The molecule has 142 valence electrons. The molecule has 0 unspecified atom stereocenters. The molecule has 1 amide bonds. The average molecular weight is 364 g/mol. The molecule has 27 heavy (non-hydrogen) atoms. The van der Waals surface area contributed by atoms with Crippen molar-refractivity contribution >= 4 is 11.7 Å². The lowest BCUT2D eigenvalue weighted by molar-refractivity contribution is 0.0904. The van der Waals surface area contributed by atoms with Crippen molar-refractivity contribution in [1.29, 1.82) is 0 Å². The number of rotatable bonds is 7. The van der Waals surface area contributed by atoms with Crippen molar-refractivity contribution in [3.63, 3.8) is 0 Å². The van der Waals surface area contributed by atoms with Crippen molar-refractivity contribution in [3.05, 3.63) is 71.3 Å². The van der Waals surface area contributed by atoms with Crippen molar-refractivity contribution in [1.82, 2.24) is 10.2 Å². The molecule has 4 nitrogen and oxygen atoms in total. The van der Waals surface area contributed by atoms with Crippen LogP contribution in [0.5, 0.6) is 0 Å². The van der Waals surface area contributed by atoms with Crippen LogP contribution in [0.25, 0.3) is 0 Å². The van der Waals surface area contributed by atoms with Crippen LogP contribution in [0.2, 0.25) is 0 Å². The van der Waals surface area contributed by atoms with Gasteiger partial charge in [0, 0.05) is 23.7 Å². The molecule has 3 rings (SSSR count). The number of carbonyl (C=O) groups excluding carboxylic acids is 2. The summed E-state index contributed by atoms with van der Waals surface area (Å²) in [6.45, 7) is 0.911. The van der Waals surface area contributed by atoms with Gasteiger partial charge in [-0.2, -0.15) is 0 Å². The molecule has 0 aliphatic heterocycles. The van der Waals surface area contributed by atoms with Crippen molar-refractivity contribution in [2.45, 2.75) is 44.7 Å². The van der Waals surface area contributed by atoms with Gasteiger partial charge in [-0.05, 0) is 37.6 Å². The summed E-state index contributed by atoms with van der Waals surface area (Å²) in [4.78, 5) is 26.8. The minimum atomic E-state index is -0.216. The van der Waals surface area contributed by atoms with Gasteiger partial charge in [-0.3, -0.25) is 14.5 Å². The van der Waals surface area contributed by atoms with Gasteiger partial charge < -0.3 is 5.32 Å². The summed E-state index contributed by atoms with van der Waals surface area (Å²) in [7, 11) is 2.19. The molecule has 2 aromatic rings. The summed E-state index contributed by atoms with van der Waals surface area (Å²) < 4.78 is 0. The predicted molar refractivity (Wildman–Crippen MR) is 108 cm³/mol. The number of benzene rings is 2. The van der Waals surface area contributed by atoms with Gasteiger partial charge in [-0.25, -0.2) is 0 Å². The second kappa shape index (κ2) is 9.47. The number of ketones is 1. The lowest BCUT2D eigenvalue weighted by Gasteiger charge is -2.31. The first-order valence-corrected chi connectivity index (χ1v) is 9.79. The maximum absolute atomic E-state index is 12.3. The molecule has 1 saturated carbocycles. The quantitative estimate of drug-likeness (QED) is 0.754. The fraction of sp³-hybridized carbons (Fsp3) is 0.391. The Balaban J connectivity index is 1.50. The van der Waals surface area contributed by atoms with E-state index in [-0.39, 0.29) is 18.2 Å². The highest BCUT2D eigenvalue weighted by Crippen LogP contribution is 2.22. The Morgan fingerprint density at radius 1 is 0.926 bits per heavy atom. The number of nitrogens with one attached hydrogen (secondary N) is 1. The molecule has 0 bridgehead atoms. The Kier molecular flexibility index (Phi) is 6.77. The molecule has 2 aromatic carbocycles. The van der Waals surface area contributed by atoms with E-state index in [2.05, 4.69) is 17.3 Å². The van der Waals surface area contributed by atoms with Gasteiger partial charge in [0.1, 0.15) is 0 Å². The third kappa shape index (κ3) is 5.51. The Hall–Kier alpha value is -2.46. The zero-order valence-corrected chi connectivity index (χ0v) is 16.0. The standard InChI is InChI=1S/C23H28N2O2/c1-25(21-10-6-3-7-11-21)17-18-12-14-20(15-13-18)23(27)24-16-22(26)19-8-4-2-5-9-19/h2,4-5,8-9,12-15,21H,3,6-7,10-11,16-17H2,1H3,(H,24,27). The van der Waals surface area contributed by atoms with Crippen LogP contribution >= 0.6 is 0 Å². The first kappa shape index (κ1) is 19.3. The molecule has 4 heteroatoms. The maximum Gasteiger partial charge on any atom is 0.251 e. The van der Waals surface area contributed by atoms with Gasteiger partial charge in [0.05, 0.1) is 6.54 Å². The third-order valence-electron chi connectivity index (χ3n) is 5.35. The van der Waals surface area contributed by atoms with E-state index in [0.717, 1.165) is 6.54 Å². The molecule has 0 spiro atoms. The highest BCUT2D eigenvalue weighted by molar-refractivity contribution is 6.02. The van der Waals surface area contributed by atoms with Gasteiger partial charge in [-0.1, -0.05) is 61.7 Å². The smallest absolute Gasteiger partial charge is 0.251 e. The van der Waals surface area contributed by atoms with Crippen LogP contribution < -0.4 is 5.32 Å². The molecule has 0 radical (unpaired) electrons. The van der Waals surface area contributed by atoms with Gasteiger partial charge in [-0.15, -0.1) is 0 Å². The largest absolute Gasteiger partial charge is 0.345 e. The fourth-order valence-electron chi connectivity index (χ4n) is 3.69. The van der Waals surface area contributed by atoms with Crippen LogP contribution in [0, 0.1) is 0 Å². The molecule has 0 saturated heterocycles. The summed E-state index contributed by atoms with van der Waals surface area (Å²) in [6.07, 6.45) is 6.59. The number of hydrogen-bond acceptors (Lipinski definition) is 3. The number of amides is 1. The van der Waals surface area contributed by atoms with E-state index in [0.29, 0.717) is 17.2 Å². The summed E-state index contributed by atoms with van der Waals surface area (Å²) in [5, 5.41) is 2.71. The first-order valence-electron chi connectivity index (χ1n) is 9.79. The van der Waals surface area contributed by atoms with Crippen LogP contribution in [0.4, 0.5) is 0 Å². The summed E-state index contributed by atoms with van der Waals surface area (Å²) in [5.41, 5.74) is 2.40. The van der Waals surface area contributed by atoms with Gasteiger partial charge in [0.2, 0.25) is 0 Å². The Morgan fingerprint density at radius 2 is 1.59 bits per heavy atom. The van der Waals surface area contributed by atoms with Gasteiger partial charge in [0.15, 0.2) is 5.78 Å². The highest BCUT2D eigenvalue weighted by atomic mass is 16.2. The first-order chi connectivity index (χ1) is 13.1. The Morgan fingerprint density at radius 3 is 2.26 bits per heavy atom. The Bertz CT molecular complexity index is 750. The number of nitrogens with zero attached hydrogens (tertiary/aromatic N) is 1. The number of hydrogen-bond donors (Lipinski definition) is 1. The SMILES string of the molecule is CN(Cc1ccc(C(=O)NCC(=O)c2ccccc2)cc1)C1CCCCC1. The fourth-order valence-corrected chi connectivity index (χ4v) is 3.69. The van der Waals surface area contributed by atoms with Crippen LogP contribution in [-0.4, -0.2) is 36.2 Å². The molecular formula is C23H28N2O2. The van der Waals surface area contributed by atoms with Crippen molar-refractivity contribution < 1.29 is 9.59 Å². The van der Waals surface area contributed by atoms with E-state index >= 15 is 0 Å². The molecule has 1 fully saturated rings. The molecule has 1 N–H and O–H groups in total. The summed E-state index contributed by atoms with van der Waals surface area (Å²) in [5.74, 6) is -0.304. The molecule has 1 aliphatic rings. The van der Waals surface area contributed by atoms with E-state index in [1.807, 2.05) is 42.5 Å². The minimum Gasteiger partial charge on any atom is -0.345 e. The molecule has 1 aliphatic carbocycles. The average Bonchev–Trinajstić information content (AvgIpc) is 2.73. The highest BCUT2D eigenvalue weighted by Gasteiger charge is 2.18. The lowest BCUT2D eigenvalue weighted by atomic mass is 9.94.